The van der Waals surface area contributed by atoms with Crippen molar-refractivity contribution in [1.29, 1.82) is 0 Å². The van der Waals surface area contributed by atoms with Gasteiger partial charge in [-0.15, -0.1) is 0 Å². The van der Waals surface area contributed by atoms with Gasteiger partial charge in [0.05, 0.1) is 39.1 Å². The Morgan fingerprint density at radius 1 is 1.04 bits per heavy atom. The van der Waals surface area contributed by atoms with Crippen molar-refractivity contribution in [2.75, 3.05) is 27.9 Å². The Morgan fingerprint density at radius 2 is 1.58 bits per heavy atom. The van der Waals surface area contributed by atoms with E-state index in [4.69, 9.17) is 18.9 Å². The third kappa shape index (κ3) is 4.32. The van der Waals surface area contributed by atoms with Gasteiger partial charge in [0.1, 0.15) is 5.75 Å². The second-order valence-electron chi connectivity index (χ2n) is 6.21. The number of hydrogen-bond donors (Lipinski definition) is 1. The Hall–Kier alpha value is -1.95. The molecule has 1 aliphatic heterocycles. The summed E-state index contributed by atoms with van der Waals surface area (Å²) in [5.41, 5.74) is 0.434. The Balaban J connectivity index is 2.08. The van der Waals surface area contributed by atoms with Crippen LogP contribution in [0.5, 0.6) is 17.2 Å². The maximum absolute atomic E-state index is 12.6. The molecular weight excluding hydrogens is 310 g/mol. The first-order valence-electron chi connectivity index (χ1n) is 8.22. The van der Waals surface area contributed by atoms with E-state index in [-0.39, 0.29) is 18.1 Å². The molecule has 1 aromatic carbocycles. The average Bonchev–Trinajstić information content (AvgIpc) is 2.57. The molecule has 1 N–H and O–H groups in total. The van der Waals surface area contributed by atoms with Crippen LogP contribution in [0.2, 0.25) is 0 Å². The van der Waals surface area contributed by atoms with Gasteiger partial charge in [0.2, 0.25) is 0 Å². The maximum atomic E-state index is 12.6. The van der Waals surface area contributed by atoms with Crippen molar-refractivity contribution < 1.29 is 23.7 Å². The van der Waals surface area contributed by atoms with Gasteiger partial charge in [0.25, 0.3) is 5.91 Å². The zero-order chi connectivity index (χ0) is 17.7. The fourth-order valence-corrected chi connectivity index (χ4v) is 3.25. The maximum Gasteiger partial charge on any atom is 0.255 e. The molecule has 1 aliphatic rings. The quantitative estimate of drug-likeness (QED) is 0.864. The third-order valence-corrected chi connectivity index (χ3v) is 4.30. The second-order valence-corrected chi connectivity index (χ2v) is 6.21. The number of ether oxygens (including phenoxy) is 4. The molecule has 0 bridgehead atoms. The van der Waals surface area contributed by atoms with Crippen molar-refractivity contribution >= 4 is 5.91 Å². The summed E-state index contributed by atoms with van der Waals surface area (Å²) < 4.78 is 21.6. The lowest BCUT2D eigenvalue weighted by Crippen LogP contribution is -2.37. The zero-order valence-corrected chi connectivity index (χ0v) is 15.0. The highest BCUT2D eigenvalue weighted by atomic mass is 16.5. The molecular formula is C18H27NO5. The van der Waals surface area contributed by atoms with Crippen molar-refractivity contribution in [3.8, 4) is 17.2 Å². The molecule has 1 fully saturated rings. The van der Waals surface area contributed by atoms with Crippen molar-refractivity contribution in [3.05, 3.63) is 17.7 Å². The standard InChI is InChI=1S/C18H27NO5/c1-11-6-13(7-12(2)24-11)10-19-18(20)14-8-16(22-4)17(23-5)9-15(14)21-3/h8-9,11-13H,6-7,10H2,1-5H3,(H,19,20). The first-order valence-corrected chi connectivity index (χ1v) is 8.22. The van der Waals surface area contributed by atoms with Crippen LogP contribution in [-0.4, -0.2) is 46.0 Å². The van der Waals surface area contributed by atoms with E-state index in [0.717, 1.165) is 12.8 Å². The smallest absolute Gasteiger partial charge is 0.255 e. The molecule has 2 atom stereocenters. The van der Waals surface area contributed by atoms with E-state index >= 15 is 0 Å². The Kier molecular flexibility index (Phi) is 6.31. The molecule has 0 aromatic heterocycles. The highest BCUT2D eigenvalue weighted by Crippen LogP contribution is 2.34. The molecule has 0 spiro atoms. The first-order chi connectivity index (χ1) is 11.5. The van der Waals surface area contributed by atoms with Gasteiger partial charge in [-0.1, -0.05) is 0 Å². The van der Waals surface area contributed by atoms with E-state index in [1.165, 1.54) is 14.2 Å². The van der Waals surface area contributed by atoms with Gasteiger partial charge < -0.3 is 24.3 Å². The lowest BCUT2D eigenvalue weighted by atomic mass is 9.92. The molecule has 1 aromatic rings. The van der Waals surface area contributed by atoms with E-state index in [9.17, 15) is 4.79 Å². The summed E-state index contributed by atoms with van der Waals surface area (Å²) in [5, 5.41) is 3.00. The van der Waals surface area contributed by atoms with Crippen LogP contribution in [0.3, 0.4) is 0 Å². The number of benzene rings is 1. The van der Waals surface area contributed by atoms with Crippen molar-refractivity contribution in [3.63, 3.8) is 0 Å². The zero-order valence-electron chi connectivity index (χ0n) is 15.0. The SMILES string of the molecule is COc1cc(OC)c(C(=O)NCC2CC(C)OC(C)C2)cc1OC. The minimum Gasteiger partial charge on any atom is -0.496 e. The van der Waals surface area contributed by atoms with Crippen LogP contribution in [0.4, 0.5) is 0 Å². The summed E-state index contributed by atoms with van der Waals surface area (Å²) in [7, 11) is 4.61. The normalized spacial score (nSPS) is 23.5. The summed E-state index contributed by atoms with van der Waals surface area (Å²) in [6.45, 7) is 4.76. The fourth-order valence-electron chi connectivity index (χ4n) is 3.25. The molecule has 2 unspecified atom stereocenters. The molecule has 2 rings (SSSR count). The van der Waals surface area contributed by atoms with E-state index in [1.54, 1.807) is 19.2 Å². The van der Waals surface area contributed by atoms with E-state index in [2.05, 4.69) is 19.2 Å². The van der Waals surface area contributed by atoms with Crippen molar-refractivity contribution in [1.82, 2.24) is 5.32 Å². The molecule has 0 radical (unpaired) electrons. The molecule has 0 saturated carbocycles. The molecule has 1 amide bonds. The number of rotatable bonds is 6. The van der Waals surface area contributed by atoms with Gasteiger partial charge in [0, 0.05) is 18.7 Å². The number of carbonyl (C=O) groups is 1. The number of carbonyl (C=O) groups excluding carboxylic acids is 1. The fraction of sp³-hybridized carbons (Fsp3) is 0.611. The summed E-state index contributed by atoms with van der Waals surface area (Å²) >= 11 is 0. The van der Waals surface area contributed by atoms with Crippen molar-refractivity contribution in [2.45, 2.75) is 38.9 Å². The van der Waals surface area contributed by atoms with Crippen LogP contribution in [0.1, 0.15) is 37.0 Å². The van der Waals surface area contributed by atoms with Crippen molar-refractivity contribution in [2.24, 2.45) is 5.92 Å². The lowest BCUT2D eigenvalue weighted by molar-refractivity contribution is -0.0513. The van der Waals surface area contributed by atoms with Gasteiger partial charge >= 0.3 is 0 Å². The predicted octanol–water partition coefficient (Wildman–Crippen LogP) is 2.65. The largest absolute Gasteiger partial charge is 0.496 e. The molecule has 134 valence electrons. The third-order valence-electron chi connectivity index (χ3n) is 4.30. The molecule has 1 heterocycles. The summed E-state index contributed by atoms with van der Waals surface area (Å²) in [5.74, 6) is 1.71. The Labute approximate surface area is 143 Å². The van der Waals surface area contributed by atoms with Crippen LogP contribution < -0.4 is 19.5 Å². The van der Waals surface area contributed by atoms with E-state index in [0.29, 0.717) is 35.3 Å². The lowest BCUT2D eigenvalue weighted by Gasteiger charge is -2.32. The number of methoxy groups -OCH3 is 3. The summed E-state index contributed by atoms with van der Waals surface area (Å²) in [6, 6.07) is 3.30. The highest BCUT2D eigenvalue weighted by Gasteiger charge is 2.25. The summed E-state index contributed by atoms with van der Waals surface area (Å²) in [4.78, 5) is 12.6. The molecule has 1 saturated heterocycles. The molecule has 6 nitrogen and oxygen atoms in total. The molecule has 6 heteroatoms. The first kappa shape index (κ1) is 18.4. The van der Waals surface area contributed by atoms with Gasteiger partial charge in [-0.25, -0.2) is 0 Å². The van der Waals surface area contributed by atoms with Crippen LogP contribution >= 0.6 is 0 Å². The molecule has 0 aliphatic carbocycles. The van der Waals surface area contributed by atoms with Gasteiger partial charge in [-0.05, 0) is 32.6 Å². The monoisotopic (exact) mass is 337 g/mol. The van der Waals surface area contributed by atoms with E-state index in [1.807, 2.05) is 0 Å². The Bertz CT molecular complexity index is 565. The topological polar surface area (TPSA) is 66.0 Å². The van der Waals surface area contributed by atoms with Crippen LogP contribution in [0.15, 0.2) is 12.1 Å². The number of amides is 1. The average molecular weight is 337 g/mol. The van der Waals surface area contributed by atoms with Crippen LogP contribution in [0.25, 0.3) is 0 Å². The molecule has 24 heavy (non-hydrogen) atoms. The predicted molar refractivity (Wildman–Crippen MR) is 91.2 cm³/mol. The minimum absolute atomic E-state index is 0.181. The van der Waals surface area contributed by atoms with Crippen LogP contribution in [-0.2, 0) is 4.74 Å². The minimum atomic E-state index is -0.181. The van der Waals surface area contributed by atoms with E-state index < -0.39 is 0 Å². The highest BCUT2D eigenvalue weighted by molar-refractivity contribution is 5.97. The van der Waals surface area contributed by atoms with Gasteiger partial charge in [-0.3, -0.25) is 4.79 Å². The Morgan fingerprint density at radius 3 is 2.12 bits per heavy atom. The number of hydrogen-bond acceptors (Lipinski definition) is 5. The van der Waals surface area contributed by atoms with Gasteiger partial charge in [-0.2, -0.15) is 0 Å². The second kappa shape index (κ2) is 8.24. The number of nitrogens with one attached hydrogen (secondary N) is 1. The van der Waals surface area contributed by atoms with Crippen LogP contribution in [0, 0.1) is 5.92 Å². The summed E-state index contributed by atoms with van der Waals surface area (Å²) in [6.07, 6.45) is 2.36. The van der Waals surface area contributed by atoms with Gasteiger partial charge in [0.15, 0.2) is 11.5 Å².